The fourth-order valence-electron chi connectivity index (χ4n) is 1.98. The molecule has 0 bridgehead atoms. The summed E-state index contributed by atoms with van der Waals surface area (Å²) >= 11 is 0. The summed E-state index contributed by atoms with van der Waals surface area (Å²) < 4.78 is 0. The van der Waals surface area contributed by atoms with Gasteiger partial charge in [-0.3, -0.25) is 4.79 Å². The molecule has 2 amide bonds. The first-order valence-electron chi connectivity index (χ1n) is 7.22. The second-order valence-electron chi connectivity index (χ2n) is 5.45. The summed E-state index contributed by atoms with van der Waals surface area (Å²) in [4.78, 5) is 24.3. The maximum Gasteiger partial charge on any atom is 0.317 e. The molecule has 0 saturated heterocycles. The van der Waals surface area contributed by atoms with E-state index in [1.54, 1.807) is 4.90 Å². The Morgan fingerprint density at radius 1 is 1.25 bits per heavy atom. The number of carbonyl (C=O) groups is 2. The van der Waals surface area contributed by atoms with Gasteiger partial charge in [0.05, 0.1) is 12.0 Å². The summed E-state index contributed by atoms with van der Waals surface area (Å²) in [6.45, 7) is 8.68. The molecule has 0 aliphatic rings. The van der Waals surface area contributed by atoms with Crippen molar-refractivity contribution in [3.63, 3.8) is 0 Å². The third-order valence-electron chi connectivity index (χ3n) is 3.45. The zero-order valence-electron chi connectivity index (χ0n) is 13.0. The van der Waals surface area contributed by atoms with E-state index >= 15 is 0 Å². The lowest BCUT2D eigenvalue weighted by molar-refractivity contribution is -0.141. The topological polar surface area (TPSA) is 89.9 Å². The first kappa shape index (κ1) is 18.7. The van der Waals surface area contributed by atoms with Crippen molar-refractivity contribution >= 4 is 12.0 Å². The number of carboxylic acids is 1. The normalized spacial score (nSPS) is 13.9. The van der Waals surface area contributed by atoms with E-state index in [1.807, 2.05) is 6.92 Å². The molecule has 0 aromatic carbocycles. The summed E-state index contributed by atoms with van der Waals surface area (Å²) in [5.41, 5.74) is -1.43. The van der Waals surface area contributed by atoms with Gasteiger partial charge >= 0.3 is 12.0 Å². The highest BCUT2D eigenvalue weighted by atomic mass is 16.4. The number of hydrogen-bond acceptors (Lipinski definition) is 3. The standard InChI is InChI=1S/C14H28N2O4/c1-5-11(6-2)9-16(7-3)13(19)15-10-14(4,20)8-12(17)18/h11,20H,5-10H2,1-4H3,(H,15,19)(H,17,18). The van der Waals surface area contributed by atoms with Gasteiger partial charge in [-0.25, -0.2) is 4.79 Å². The third kappa shape index (κ3) is 7.33. The van der Waals surface area contributed by atoms with Crippen LogP contribution in [0.5, 0.6) is 0 Å². The molecule has 0 aliphatic carbocycles. The van der Waals surface area contributed by atoms with Crippen LogP contribution in [0.25, 0.3) is 0 Å². The van der Waals surface area contributed by atoms with Crippen LogP contribution in [0.2, 0.25) is 0 Å². The van der Waals surface area contributed by atoms with Gasteiger partial charge in [-0.2, -0.15) is 0 Å². The molecule has 1 unspecified atom stereocenters. The second-order valence-corrected chi connectivity index (χ2v) is 5.45. The van der Waals surface area contributed by atoms with Crippen molar-refractivity contribution < 1.29 is 19.8 Å². The lowest BCUT2D eigenvalue weighted by Crippen LogP contribution is -2.48. The number of aliphatic hydroxyl groups is 1. The lowest BCUT2D eigenvalue weighted by atomic mass is 10.0. The first-order chi connectivity index (χ1) is 9.25. The molecule has 6 nitrogen and oxygen atoms in total. The highest BCUT2D eigenvalue weighted by Crippen LogP contribution is 2.11. The molecule has 0 heterocycles. The zero-order chi connectivity index (χ0) is 15.8. The summed E-state index contributed by atoms with van der Waals surface area (Å²) in [5.74, 6) is -0.631. The molecule has 1 atom stereocenters. The molecule has 0 aromatic rings. The van der Waals surface area contributed by atoms with Crippen molar-refractivity contribution in [2.45, 2.75) is 52.6 Å². The van der Waals surface area contributed by atoms with Gasteiger partial charge in [-0.1, -0.05) is 26.7 Å². The number of amides is 2. The number of aliphatic carboxylic acids is 1. The Labute approximate surface area is 121 Å². The molecule has 0 rings (SSSR count). The number of hydrogen-bond donors (Lipinski definition) is 3. The van der Waals surface area contributed by atoms with E-state index in [4.69, 9.17) is 5.11 Å². The predicted molar refractivity (Wildman–Crippen MR) is 77.6 cm³/mol. The monoisotopic (exact) mass is 288 g/mol. The van der Waals surface area contributed by atoms with E-state index in [9.17, 15) is 14.7 Å². The number of carbonyl (C=O) groups excluding carboxylic acids is 1. The average Bonchev–Trinajstić information content (AvgIpc) is 2.36. The molecule has 6 heteroatoms. The Morgan fingerprint density at radius 3 is 2.20 bits per heavy atom. The van der Waals surface area contributed by atoms with Crippen LogP contribution in [-0.4, -0.2) is 52.3 Å². The number of carboxylic acid groups (broad SMARTS) is 1. The van der Waals surface area contributed by atoms with Crippen LogP contribution < -0.4 is 5.32 Å². The summed E-state index contributed by atoms with van der Waals surface area (Å²) in [7, 11) is 0. The van der Waals surface area contributed by atoms with E-state index in [1.165, 1.54) is 6.92 Å². The van der Waals surface area contributed by atoms with Crippen molar-refractivity contribution in [3.05, 3.63) is 0 Å². The van der Waals surface area contributed by atoms with Crippen LogP contribution >= 0.6 is 0 Å². The Bertz CT molecular complexity index is 314. The molecule has 20 heavy (non-hydrogen) atoms. The quantitative estimate of drug-likeness (QED) is 0.602. The van der Waals surface area contributed by atoms with E-state index in [0.29, 0.717) is 19.0 Å². The molecule has 0 aliphatic heterocycles. The van der Waals surface area contributed by atoms with Crippen molar-refractivity contribution in [1.29, 1.82) is 0 Å². The summed E-state index contributed by atoms with van der Waals surface area (Å²) in [6, 6.07) is -0.259. The lowest BCUT2D eigenvalue weighted by Gasteiger charge is -2.28. The van der Waals surface area contributed by atoms with Gasteiger partial charge in [0, 0.05) is 19.6 Å². The minimum atomic E-state index is -1.43. The van der Waals surface area contributed by atoms with Gasteiger partial charge in [0.15, 0.2) is 0 Å². The first-order valence-corrected chi connectivity index (χ1v) is 7.22. The van der Waals surface area contributed by atoms with Crippen molar-refractivity contribution in [2.24, 2.45) is 5.92 Å². The van der Waals surface area contributed by atoms with Crippen LogP contribution in [0.3, 0.4) is 0 Å². The van der Waals surface area contributed by atoms with Gasteiger partial charge in [0.2, 0.25) is 0 Å². The van der Waals surface area contributed by atoms with Gasteiger partial charge in [0.25, 0.3) is 0 Å². The minimum Gasteiger partial charge on any atom is -0.481 e. The smallest absolute Gasteiger partial charge is 0.317 e. The van der Waals surface area contributed by atoms with Gasteiger partial charge < -0.3 is 20.4 Å². The molecular weight excluding hydrogens is 260 g/mol. The van der Waals surface area contributed by atoms with Crippen molar-refractivity contribution in [1.82, 2.24) is 10.2 Å². The van der Waals surface area contributed by atoms with E-state index < -0.39 is 18.0 Å². The van der Waals surface area contributed by atoms with Gasteiger partial charge in [-0.15, -0.1) is 0 Å². The van der Waals surface area contributed by atoms with Crippen LogP contribution in [0, 0.1) is 5.92 Å². The van der Waals surface area contributed by atoms with E-state index in [2.05, 4.69) is 19.2 Å². The Kier molecular flexibility index (Phi) is 8.22. The summed E-state index contributed by atoms with van der Waals surface area (Å²) in [6.07, 6.45) is 1.62. The SMILES string of the molecule is CCC(CC)CN(CC)C(=O)NCC(C)(O)CC(=O)O. The van der Waals surface area contributed by atoms with Gasteiger partial charge in [0.1, 0.15) is 0 Å². The molecular formula is C14H28N2O4. The molecule has 0 spiro atoms. The molecule has 0 aromatic heterocycles. The Hall–Kier alpha value is -1.30. The third-order valence-corrected chi connectivity index (χ3v) is 3.45. The average molecular weight is 288 g/mol. The largest absolute Gasteiger partial charge is 0.481 e. The van der Waals surface area contributed by atoms with Crippen molar-refractivity contribution in [2.75, 3.05) is 19.6 Å². The minimum absolute atomic E-state index is 0.0719. The number of nitrogens with zero attached hydrogens (tertiary/aromatic N) is 1. The fraction of sp³-hybridized carbons (Fsp3) is 0.857. The van der Waals surface area contributed by atoms with E-state index in [0.717, 1.165) is 12.8 Å². The van der Waals surface area contributed by atoms with Gasteiger partial charge in [-0.05, 0) is 19.8 Å². The summed E-state index contributed by atoms with van der Waals surface area (Å²) in [5, 5.41) is 21.1. The fourth-order valence-corrected chi connectivity index (χ4v) is 1.98. The second kappa shape index (κ2) is 8.79. The Balaban J connectivity index is 4.38. The maximum atomic E-state index is 12.0. The molecule has 0 radical (unpaired) electrons. The highest BCUT2D eigenvalue weighted by Gasteiger charge is 2.26. The highest BCUT2D eigenvalue weighted by molar-refractivity contribution is 5.74. The number of urea groups is 1. The van der Waals surface area contributed by atoms with Crippen LogP contribution in [0.15, 0.2) is 0 Å². The van der Waals surface area contributed by atoms with Crippen LogP contribution in [0.4, 0.5) is 4.79 Å². The molecule has 0 fully saturated rings. The predicted octanol–water partition coefficient (Wildman–Crippen LogP) is 1.68. The number of nitrogens with one attached hydrogen (secondary N) is 1. The molecule has 3 N–H and O–H groups in total. The maximum absolute atomic E-state index is 12.0. The molecule has 118 valence electrons. The van der Waals surface area contributed by atoms with Crippen LogP contribution in [-0.2, 0) is 4.79 Å². The number of rotatable bonds is 9. The van der Waals surface area contributed by atoms with Crippen molar-refractivity contribution in [3.8, 4) is 0 Å². The Morgan fingerprint density at radius 2 is 1.80 bits per heavy atom. The zero-order valence-corrected chi connectivity index (χ0v) is 13.0. The van der Waals surface area contributed by atoms with E-state index in [-0.39, 0.29) is 12.6 Å². The van der Waals surface area contributed by atoms with Crippen LogP contribution in [0.1, 0.15) is 47.0 Å². The molecule has 0 saturated carbocycles.